The molecule has 1 aromatic carbocycles. The summed E-state index contributed by atoms with van der Waals surface area (Å²) in [7, 11) is 1.32. The van der Waals surface area contributed by atoms with E-state index in [9.17, 15) is 14.9 Å². The molecule has 8 heteroatoms. The summed E-state index contributed by atoms with van der Waals surface area (Å²) in [6, 6.07) is 9.99. The van der Waals surface area contributed by atoms with Gasteiger partial charge in [-0.3, -0.25) is 24.9 Å². The largest absolute Gasteiger partial charge is 0.468 e. The molecule has 28 heavy (non-hydrogen) atoms. The van der Waals surface area contributed by atoms with Gasteiger partial charge in [-0.05, 0) is 47.5 Å². The number of rotatable bonds is 4. The first kappa shape index (κ1) is 19.9. The standard InChI is InChI=1S/C20H18BrN3O4/c1-11-17(16-8-7-14(21)10-22-16)19(18(12(2)23-11)20(25)28-3)13-5-4-6-15(9-13)24(26)27/h4-10,18-19H,1-3H3. The molecule has 0 spiro atoms. The molecule has 1 aliphatic rings. The van der Waals surface area contributed by atoms with E-state index in [4.69, 9.17) is 4.74 Å². The van der Waals surface area contributed by atoms with E-state index in [1.807, 2.05) is 19.1 Å². The van der Waals surface area contributed by atoms with Crippen molar-refractivity contribution in [3.05, 3.63) is 74.1 Å². The van der Waals surface area contributed by atoms with Crippen LogP contribution in [0.15, 0.2) is 57.8 Å². The average molecular weight is 444 g/mol. The van der Waals surface area contributed by atoms with E-state index in [1.165, 1.54) is 19.2 Å². The maximum atomic E-state index is 12.6. The normalized spacial score (nSPS) is 19.2. The Hall–Kier alpha value is -2.87. The second kappa shape index (κ2) is 8.02. The third-order valence-corrected chi connectivity index (χ3v) is 5.20. The van der Waals surface area contributed by atoms with Gasteiger partial charge in [0.05, 0.1) is 17.7 Å². The highest BCUT2D eigenvalue weighted by atomic mass is 79.9. The molecule has 2 heterocycles. The molecule has 3 rings (SSSR count). The van der Waals surface area contributed by atoms with Crippen LogP contribution in [0.4, 0.5) is 5.69 Å². The minimum atomic E-state index is -0.698. The fraction of sp³-hybridized carbons (Fsp3) is 0.250. The Bertz CT molecular complexity index is 999. The fourth-order valence-electron chi connectivity index (χ4n) is 3.53. The molecule has 1 aromatic heterocycles. The van der Waals surface area contributed by atoms with Crippen LogP contribution in [-0.4, -0.2) is 28.7 Å². The zero-order valence-corrected chi connectivity index (χ0v) is 17.1. The number of methoxy groups -OCH3 is 1. The van der Waals surface area contributed by atoms with Crippen LogP contribution >= 0.6 is 15.9 Å². The van der Waals surface area contributed by atoms with Crippen molar-refractivity contribution in [3.63, 3.8) is 0 Å². The lowest BCUT2D eigenvalue weighted by molar-refractivity contribution is -0.384. The Balaban J connectivity index is 2.25. The van der Waals surface area contributed by atoms with Gasteiger partial charge in [0, 0.05) is 45.7 Å². The number of pyridine rings is 1. The monoisotopic (exact) mass is 443 g/mol. The summed E-state index contributed by atoms with van der Waals surface area (Å²) in [5.74, 6) is -1.64. The van der Waals surface area contributed by atoms with Crippen LogP contribution in [-0.2, 0) is 9.53 Å². The predicted octanol–water partition coefficient (Wildman–Crippen LogP) is 4.53. The number of nitrogens with zero attached hydrogens (tertiary/aromatic N) is 3. The van der Waals surface area contributed by atoms with Crippen LogP contribution in [0.2, 0.25) is 0 Å². The van der Waals surface area contributed by atoms with Crippen molar-refractivity contribution in [2.45, 2.75) is 19.8 Å². The summed E-state index contributed by atoms with van der Waals surface area (Å²) in [6.45, 7) is 3.61. The topological polar surface area (TPSA) is 94.7 Å². The number of aromatic nitrogens is 1. The molecule has 2 atom stereocenters. The lowest BCUT2D eigenvalue weighted by Crippen LogP contribution is -2.33. The van der Waals surface area contributed by atoms with Gasteiger partial charge in [-0.1, -0.05) is 12.1 Å². The molecule has 0 aliphatic carbocycles. The van der Waals surface area contributed by atoms with Gasteiger partial charge < -0.3 is 4.74 Å². The van der Waals surface area contributed by atoms with Gasteiger partial charge in [-0.15, -0.1) is 0 Å². The first-order valence-electron chi connectivity index (χ1n) is 8.53. The Labute approximate surface area is 170 Å². The maximum absolute atomic E-state index is 12.6. The van der Waals surface area contributed by atoms with Crippen molar-refractivity contribution >= 4 is 38.9 Å². The minimum Gasteiger partial charge on any atom is -0.468 e. The molecule has 0 saturated heterocycles. The number of benzene rings is 1. The van der Waals surface area contributed by atoms with Crippen LogP contribution < -0.4 is 0 Å². The van der Waals surface area contributed by atoms with Crippen molar-refractivity contribution in [2.24, 2.45) is 10.9 Å². The first-order valence-corrected chi connectivity index (χ1v) is 9.33. The highest BCUT2D eigenvalue weighted by Crippen LogP contribution is 2.44. The molecule has 0 fully saturated rings. The number of hydrogen-bond acceptors (Lipinski definition) is 6. The van der Waals surface area contributed by atoms with Gasteiger partial charge in [-0.25, -0.2) is 0 Å². The number of hydrogen-bond donors (Lipinski definition) is 0. The molecule has 0 bridgehead atoms. The number of non-ortho nitro benzene ring substituents is 1. The summed E-state index contributed by atoms with van der Waals surface area (Å²) < 4.78 is 5.84. The Morgan fingerprint density at radius 1 is 1.25 bits per heavy atom. The molecular formula is C20H18BrN3O4. The summed E-state index contributed by atoms with van der Waals surface area (Å²) in [6.07, 6.45) is 1.67. The molecule has 0 saturated carbocycles. The van der Waals surface area contributed by atoms with E-state index in [-0.39, 0.29) is 5.69 Å². The van der Waals surface area contributed by atoms with Crippen molar-refractivity contribution in [1.82, 2.24) is 4.98 Å². The van der Waals surface area contributed by atoms with E-state index in [0.717, 1.165) is 10.0 Å². The molecule has 2 aromatic rings. The third kappa shape index (κ3) is 3.73. The molecular weight excluding hydrogens is 426 g/mol. The van der Waals surface area contributed by atoms with Gasteiger partial charge in [-0.2, -0.15) is 0 Å². The van der Waals surface area contributed by atoms with Crippen LogP contribution in [0.3, 0.4) is 0 Å². The summed E-state index contributed by atoms with van der Waals surface area (Å²) in [4.78, 5) is 32.5. The number of nitro groups is 1. The van der Waals surface area contributed by atoms with Gasteiger partial charge in [0.25, 0.3) is 5.69 Å². The van der Waals surface area contributed by atoms with Gasteiger partial charge >= 0.3 is 5.97 Å². The van der Waals surface area contributed by atoms with Crippen LogP contribution in [0.5, 0.6) is 0 Å². The second-order valence-corrected chi connectivity index (χ2v) is 7.36. The molecule has 144 valence electrons. The van der Waals surface area contributed by atoms with Crippen LogP contribution in [0.25, 0.3) is 5.57 Å². The summed E-state index contributed by atoms with van der Waals surface area (Å²) >= 11 is 3.37. The fourth-order valence-corrected chi connectivity index (χ4v) is 3.77. The average Bonchev–Trinajstić information content (AvgIpc) is 2.68. The van der Waals surface area contributed by atoms with E-state index < -0.39 is 22.7 Å². The highest BCUT2D eigenvalue weighted by Gasteiger charge is 2.40. The Morgan fingerprint density at radius 2 is 2.00 bits per heavy atom. The lowest BCUT2D eigenvalue weighted by Gasteiger charge is -2.32. The van der Waals surface area contributed by atoms with Gasteiger partial charge in [0.2, 0.25) is 0 Å². The predicted molar refractivity (Wildman–Crippen MR) is 109 cm³/mol. The number of esters is 1. The number of aliphatic imine (C=N–C) groups is 1. The first-order chi connectivity index (χ1) is 13.3. The molecule has 0 amide bonds. The smallest absolute Gasteiger partial charge is 0.315 e. The number of nitro benzene ring substituents is 1. The quantitative estimate of drug-likeness (QED) is 0.392. The van der Waals surface area contributed by atoms with Crippen molar-refractivity contribution < 1.29 is 14.5 Å². The minimum absolute atomic E-state index is 0.0398. The number of allylic oxidation sites excluding steroid dienone is 2. The number of carbonyl (C=O) groups is 1. The van der Waals surface area contributed by atoms with E-state index in [1.54, 1.807) is 25.3 Å². The highest BCUT2D eigenvalue weighted by molar-refractivity contribution is 9.10. The summed E-state index contributed by atoms with van der Waals surface area (Å²) in [5.41, 5.74) is 3.31. The molecule has 0 radical (unpaired) electrons. The van der Waals surface area contributed by atoms with Crippen LogP contribution in [0.1, 0.15) is 31.0 Å². The van der Waals surface area contributed by atoms with E-state index >= 15 is 0 Å². The zero-order chi connectivity index (χ0) is 20.4. The SMILES string of the molecule is COC(=O)C1C(C)=NC(C)=C(c2ccc(Br)cn2)C1c1cccc([N+](=O)[O-])c1. The Kier molecular flexibility index (Phi) is 5.69. The van der Waals surface area contributed by atoms with Crippen LogP contribution in [0, 0.1) is 16.0 Å². The second-order valence-electron chi connectivity index (χ2n) is 6.44. The Morgan fingerprint density at radius 3 is 2.61 bits per heavy atom. The molecule has 0 N–H and O–H groups in total. The van der Waals surface area contributed by atoms with Crippen molar-refractivity contribution in [2.75, 3.05) is 7.11 Å². The van der Waals surface area contributed by atoms with Crippen molar-refractivity contribution in [1.29, 1.82) is 0 Å². The van der Waals surface area contributed by atoms with Gasteiger partial charge in [0.15, 0.2) is 0 Å². The lowest BCUT2D eigenvalue weighted by atomic mass is 9.74. The molecule has 1 aliphatic heterocycles. The zero-order valence-electron chi connectivity index (χ0n) is 15.5. The van der Waals surface area contributed by atoms with Crippen molar-refractivity contribution in [3.8, 4) is 0 Å². The summed E-state index contributed by atoms with van der Waals surface area (Å²) in [5, 5.41) is 11.3. The maximum Gasteiger partial charge on any atom is 0.315 e. The molecule has 7 nitrogen and oxygen atoms in total. The van der Waals surface area contributed by atoms with E-state index in [0.29, 0.717) is 22.7 Å². The number of halogens is 1. The van der Waals surface area contributed by atoms with E-state index in [2.05, 4.69) is 25.9 Å². The number of carbonyl (C=O) groups excluding carboxylic acids is 1. The van der Waals surface area contributed by atoms with Gasteiger partial charge in [0.1, 0.15) is 5.92 Å². The third-order valence-electron chi connectivity index (χ3n) is 4.73. The number of ether oxygens (including phenoxy) is 1. The molecule has 2 unspecified atom stereocenters.